The molecule has 1 fully saturated rings. The van der Waals surface area contributed by atoms with Crippen molar-refractivity contribution in [2.75, 3.05) is 45.9 Å². The van der Waals surface area contributed by atoms with Crippen LogP contribution in [0.5, 0.6) is 0 Å². The normalized spacial score (nSPS) is 23.5. The minimum atomic E-state index is -0.0264. The van der Waals surface area contributed by atoms with Gasteiger partial charge in [0.25, 0.3) is 0 Å². The number of rotatable bonds is 6. The fourth-order valence-corrected chi connectivity index (χ4v) is 2.67. The van der Waals surface area contributed by atoms with Crippen LogP contribution in [-0.4, -0.2) is 56.9 Å². The van der Waals surface area contributed by atoms with Gasteiger partial charge in [-0.3, -0.25) is 4.90 Å². The van der Waals surface area contributed by atoms with E-state index in [2.05, 4.69) is 27.7 Å². The Bertz CT molecular complexity index is 314. The average Bonchev–Trinajstić information content (AvgIpc) is 2.52. The number of urea groups is 1. The van der Waals surface area contributed by atoms with Gasteiger partial charge in [0.1, 0.15) is 0 Å². The largest absolute Gasteiger partial charge is 0.379 e. The number of carbonyl (C=O) groups is 1. The summed E-state index contributed by atoms with van der Waals surface area (Å²) < 4.78 is 5.31. The summed E-state index contributed by atoms with van der Waals surface area (Å²) >= 11 is 0. The highest BCUT2D eigenvalue weighted by atomic mass is 16.5. The molecule has 1 heterocycles. The number of amides is 2. The van der Waals surface area contributed by atoms with Crippen LogP contribution < -0.4 is 10.6 Å². The molecule has 0 aromatic heterocycles. The molecule has 5 heteroatoms. The molecule has 1 unspecified atom stereocenters. The van der Waals surface area contributed by atoms with Gasteiger partial charge >= 0.3 is 6.03 Å². The van der Waals surface area contributed by atoms with E-state index in [0.29, 0.717) is 5.92 Å². The third kappa shape index (κ3) is 5.92. The number of hydrogen-bond acceptors (Lipinski definition) is 3. The number of nitrogens with zero attached hydrogens (tertiary/aromatic N) is 1. The van der Waals surface area contributed by atoms with E-state index < -0.39 is 0 Å². The van der Waals surface area contributed by atoms with E-state index in [-0.39, 0.29) is 6.03 Å². The second kappa shape index (κ2) is 8.97. The lowest BCUT2D eigenvalue weighted by atomic mass is 9.94. The Kier molecular flexibility index (Phi) is 6.88. The molecule has 0 saturated carbocycles. The maximum atomic E-state index is 11.7. The summed E-state index contributed by atoms with van der Waals surface area (Å²) in [6, 6.07) is -0.0264. The zero-order valence-electron chi connectivity index (χ0n) is 12.3. The van der Waals surface area contributed by atoms with Crippen molar-refractivity contribution in [2.45, 2.75) is 25.7 Å². The highest BCUT2D eigenvalue weighted by molar-refractivity contribution is 5.73. The van der Waals surface area contributed by atoms with Gasteiger partial charge in [0.2, 0.25) is 0 Å². The molecular formula is C15H27N3O2. The first-order valence-corrected chi connectivity index (χ1v) is 7.81. The number of carbonyl (C=O) groups excluding carboxylic acids is 1. The summed E-state index contributed by atoms with van der Waals surface area (Å²) in [4.78, 5) is 14.0. The molecule has 0 spiro atoms. The molecule has 2 aliphatic rings. The molecule has 1 aliphatic carbocycles. The van der Waals surface area contributed by atoms with Gasteiger partial charge in [0.15, 0.2) is 0 Å². The summed E-state index contributed by atoms with van der Waals surface area (Å²) in [5.74, 6) is 0.610. The lowest BCUT2D eigenvalue weighted by Gasteiger charge is -2.26. The summed E-state index contributed by atoms with van der Waals surface area (Å²) in [5, 5.41) is 5.91. The van der Waals surface area contributed by atoms with Crippen LogP contribution in [0.3, 0.4) is 0 Å². The third-order valence-corrected chi connectivity index (χ3v) is 3.97. The zero-order chi connectivity index (χ0) is 14.0. The number of morpholine rings is 1. The van der Waals surface area contributed by atoms with Crippen LogP contribution in [0.4, 0.5) is 4.79 Å². The monoisotopic (exact) mass is 281 g/mol. The fourth-order valence-electron chi connectivity index (χ4n) is 2.67. The minimum absolute atomic E-state index is 0.0264. The lowest BCUT2D eigenvalue weighted by Crippen LogP contribution is -2.41. The van der Waals surface area contributed by atoms with E-state index in [9.17, 15) is 4.79 Å². The number of ether oxygens (including phenoxy) is 1. The van der Waals surface area contributed by atoms with E-state index >= 15 is 0 Å². The standard InChI is InChI=1S/C15H27N3O2/c19-15(17-13-14-5-2-1-3-6-14)16-7-4-8-18-9-11-20-12-10-18/h1-2,14H,3-13H2,(H2,16,17,19). The van der Waals surface area contributed by atoms with Crippen LogP contribution in [0.15, 0.2) is 12.2 Å². The molecule has 1 atom stereocenters. The summed E-state index contributed by atoms with van der Waals surface area (Å²) in [6.45, 7) is 6.28. The van der Waals surface area contributed by atoms with Crippen molar-refractivity contribution in [3.63, 3.8) is 0 Å². The second-order valence-electron chi connectivity index (χ2n) is 5.59. The Hall–Kier alpha value is -1.07. The highest BCUT2D eigenvalue weighted by Gasteiger charge is 2.11. The van der Waals surface area contributed by atoms with Gasteiger partial charge in [-0.2, -0.15) is 0 Å². The molecule has 20 heavy (non-hydrogen) atoms. The van der Waals surface area contributed by atoms with Crippen LogP contribution in [0.2, 0.25) is 0 Å². The van der Waals surface area contributed by atoms with Crippen LogP contribution in [0.25, 0.3) is 0 Å². The molecule has 0 radical (unpaired) electrons. The SMILES string of the molecule is O=C(NCCCN1CCOCC1)NCC1CC=CCC1. The quantitative estimate of drug-likeness (QED) is 0.571. The molecule has 0 aromatic carbocycles. The third-order valence-electron chi connectivity index (χ3n) is 3.97. The molecule has 0 bridgehead atoms. The van der Waals surface area contributed by atoms with Crippen molar-refractivity contribution in [3.8, 4) is 0 Å². The molecule has 2 amide bonds. The van der Waals surface area contributed by atoms with E-state index in [1.54, 1.807) is 0 Å². The molecule has 1 aliphatic heterocycles. The fraction of sp³-hybridized carbons (Fsp3) is 0.800. The minimum Gasteiger partial charge on any atom is -0.379 e. The first kappa shape index (κ1) is 15.3. The Morgan fingerprint density at radius 2 is 2.10 bits per heavy atom. The molecule has 114 valence electrons. The Morgan fingerprint density at radius 3 is 2.85 bits per heavy atom. The van der Waals surface area contributed by atoms with Gasteiger partial charge in [-0.15, -0.1) is 0 Å². The van der Waals surface area contributed by atoms with Gasteiger partial charge in [-0.1, -0.05) is 12.2 Å². The van der Waals surface area contributed by atoms with Crippen molar-refractivity contribution in [1.82, 2.24) is 15.5 Å². The van der Waals surface area contributed by atoms with Crippen molar-refractivity contribution in [1.29, 1.82) is 0 Å². The van der Waals surface area contributed by atoms with Crippen molar-refractivity contribution >= 4 is 6.03 Å². The van der Waals surface area contributed by atoms with Crippen LogP contribution in [0.1, 0.15) is 25.7 Å². The lowest BCUT2D eigenvalue weighted by molar-refractivity contribution is 0.0375. The number of nitrogens with one attached hydrogen (secondary N) is 2. The van der Waals surface area contributed by atoms with Gasteiger partial charge in [-0.05, 0) is 38.1 Å². The van der Waals surface area contributed by atoms with Crippen LogP contribution in [-0.2, 0) is 4.74 Å². The average molecular weight is 281 g/mol. The van der Waals surface area contributed by atoms with Crippen molar-refractivity contribution in [2.24, 2.45) is 5.92 Å². The van der Waals surface area contributed by atoms with Crippen LogP contribution in [0, 0.1) is 5.92 Å². The van der Waals surface area contributed by atoms with Gasteiger partial charge < -0.3 is 15.4 Å². The maximum Gasteiger partial charge on any atom is 0.314 e. The topological polar surface area (TPSA) is 53.6 Å². The first-order chi connectivity index (χ1) is 9.84. The molecule has 2 N–H and O–H groups in total. The summed E-state index contributed by atoms with van der Waals surface area (Å²) in [7, 11) is 0. The van der Waals surface area contributed by atoms with E-state index in [4.69, 9.17) is 4.74 Å². The van der Waals surface area contributed by atoms with Crippen molar-refractivity contribution in [3.05, 3.63) is 12.2 Å². The van der Waals surface area contributed by atoms with E-state index in [0.717, 1.165) is 65.2 Å². The van der Waals surface area contributed by atoms with Gasteiger partial charge in [0.05, 0.1) is 13.2 Å². The molecule has 2 rings (SSSR count). The Balaban J connectivity index is 1.46. The van der Waals surface area contributed by atoms with Gasteiger partial charge in [0, 0.05) is 26.2 Å². The van der Waals surface area contributed by atoms with E-state index in [1.807, 2.05) is 0 Å². The first-order valence-electron chi connectivity index (χ1n) is 7.81. The predicted molar refractivity (Wildman–Crippen MR) is 79.8 cm³/mol. The van der Waals surface area contributed by atoms with Gasteiger partial charge in [-0.25, -0.2) is 4.79 Å². The number of allylic oxidation sites excluding steroid dienone is 2. The summed E-state index contributed by atoms with van der Waals surface area (Å²) in [5.41, 5.74) is 0. The predicted octanol–water partition coefficient (Wildman–Crippen LogP) is 1.36. The molecular weight excluding hydrogens is 254 g/mol. The Labute approximate surface area is 121 Å². The second-order valence-corrected chi connectivity index (χ2v) is 5.59. The summed E-state index contributed by atoms with van der Waals surface area (Å²) in [6.07, 6.45) is 8.87. The number of hydrogen-bond donors (Lipinski definition) is 2. The smallest absolute Gasteiger partial charge is 0.314 e. The molecule has 1 saturated heterocycles. The highest BCUT2D eigenvalue weighted by Crippen LogP contribution is 2.16. The maximum absolute atomic E-state index is 11.7. The molecule has 0 aromatic rings. The van der Waals surface area contributed by atoms with E-state index in [1.165, 1.54) is 6.42 Å². The Morgan fingerprint density at radius 1 is 1.25 bits per heavy atom. The zero-order valence-corrected chi connectivity index (χ0v) is 12.3. The van der Waals surface area contributed by atoms with Crippen molar-refractivity contribution < 1.29 is 9.53 Å². The molecule has 5 nitrogen and oxygen atoms in total. The van der Waals surface area contributed by atoms with Crippen LogP contribution >= 0.6 is 0 Å².